The molecule has 0 spiro atoms. The molecule has 3 rings (SSSR count). The van der Waals surface area contributed by atoms with Gasteiger partial charge < -0.3 is 9.47 Å². The van der Waals surface area contributed by atoms with Gasteiger partial charge >= 0.3 is 5.97 Å². The number of fused-ring (bicyclic) bond motifs is 3. The smallest absolute Gasteiger partial charge is 0.323 e. The van der Waals surface area contributed by atoms with Crippen molar-refractivity contribution in [2.24, 2.45) is 5.92 Å². The van der Waals surface area contributed by atoms with E-state index in [0.717, 1.165) is 28.7 Å². The summed E-state index contributed by atoms with van der Waals surface area (Å²) in [7, 11) is 1.63. The molecular formula is C21H24O3. The van der Waals surface area contributed by atoms with Crippen LogP contribution in [0.15, 0.2) is 48.5 Å². The summed E-state index contributed by atoms with van der Waals surface area (Å²) in [5.41, 5.74) is 3.25. The highest BCUT2D eigenvalue weighted by Crippen LogP contribution is 2.49. The van der Waals surface area contributed by atoms with E-state index in [9.17, 15) is 4.79 Å². The van der Waals surface area contributed by atoms with Crippen LogP contribution in [0.1, 0.15) is 31.4 Å². The Morgan fingerprint density at radius 1 is 1.00 bits per heavy atom. The van der Waals surface area contributed by atoms with Gasteiger partial charge in [-0.25, -0.2) is 0 Å². The summed E-state index contributed by atoms with van der Waals surface area (Å²) in [6.07, 6.45) is 0.859. The molecule has 2 aromatic rings. The number of rotatable bonds is 6. The lowest BCUT2D eigenvalue weighted by molar-refractivity contribution is -0.151. The largest absolute Gasteiger partial charge is 0.465 e. The molecule has 0 aliphatic heterocycles. The predicted molar refractivity (Wildman–Crippen MR) is 94.9 cm³/mol. The van der Waals surface area contributed by atoms with Crippen LogP contribution in [0.5, 0.6) is 0 Å². The molecule has 0 heterocycles. The van der Waals surface area contributed by atoms with Crippen molar-refractivity contribution in [2.45, 2.75) is 25.7 Å². The molecule has 0 saturated carbocycles. The van der Waals surface area contributed by atoms with E-state index in [4.69, 9.17) is 9.47 Å². The number of ether oxygens (including phenoxy) is 2. The van der Waals surface area contributed by atoms with Crippen molar-refractivity contribution in [3.05, 3.63) is 59.7 Å². The molecule has 3 nitrogen and oxygen atoms in total. The van der Waals surface area contributed by atoms with E-state index in [0.29, 0.717) is 12.5 Å². The molecule has 1 aliphatic rings. The van der Waals surface area contributed by atoms with Crippen LogP contribution in [-0.4, -0.2) is 26.3 Å². The minimum absolute atomic E-state index is 0.220. The van der Waals surface area contributed by atoms with Crippen molar-refractivity contribution in [1.82, 2.24) is 0 Å². The van der Waals surface area contributed by atoms with E-state index in [1.54, 1.807) is 7.11 Å². The molecule has 2 aromatic carbocycles. The van der Waals surface area contributed by atoms with Gasteiger partial charge in [-0.2, -0.15) is 0 Å². The topological polar surface area (TPSA) is 35.5 Å². The molecule has 0 fully saturated rings. The summed E-state index contributed by atoms with van der Waals surface area (Å²) < 4.78 is 11.2. The van der Waals surface area contributed by atoms with Crippen LogP contribution >= 0.6 is 0 Å². The Hall–Kier alpha value is -2.13. The number of hydrogen-bond donors (Lipinski definition) is 0. The standard InChI is InChI=1S/C21H24O3/c1-15(2)12-13-24-20(22)21(14-23-3)18-10-6-4-8-16(18)17-9-5-7-11-19(17)21/h4-11,15H,12-14H2,1-3H3. The van der Waals surface area contributed by atoms with E-state index in [-0.39, 0.29) is 12.6 Å². The summed E-state index contributed by atoms with van der Waals surface area (Å²) in [5.74, 6) is 0.279. The predicted octanol–water partition coefficient (Wildman–Crippen LogP) is 4.19. The molecule has 0 amide bonds. The zero-order valence-corrected chi connectivity index (χ0v) is 14.5. The minimum atomic E-state index is -0.876. The van der Waals surface area contributed by atoms with E-state index in [1.165, 1.54) is 0 Å². The Labute approximate surface area is 143 Å². The molecule has 0 radical (unpaired) electrons. The van der Waals surface area contributed by atoms with Crippen molar-refractivity contribution >= 4 is 5.97 Å². The van der Waals surface area contributed by atoms with Gasteiger partial charge in [0.15, 0.2) is 0 Å². The second-order valence-electron chi connectivity index (χ2n) is 6.75. The highest BCUT2D eigenvalue weighted by atomic mass is 16.5. The summed E-state index contributed by atoms with van der Waals surface area (Å²) in [4.78, 5) is 13.2. The second-order valence-corrected chi connectivity index (χ2v) is 6.75. The fraction of sp³-hybridized carbons (Fsp3) is 0.381. The molecule has 1 aliphatic carbocycles. The zero-order chi connectivity index (χ0) is 17.2. The summed E-state index contributed by atoms with van der Waals surface area (Å²) >= 11 is 0. The highest BCUT2D eigenvalue weighted by Gasteiger charge is 2.50. The number of esters is 1. The maximum absolute atomic E-state index is 13.2. The Bertz CT molecular complexity index is 688. The third-order valence-electron chi connectivity index (χ3n) is 4.70. The van der Waals surface area contributed by atoms with Crippen LogP contribution in [0.25, 0.3) is 11.1 Å². The lowest BCUT2D eigenvalue weighted by Crippen LogP contribution is -2.41. The fourth-order valence-electron chi connectivity index (χ4n) is 3.49. The molecule has 0 saturated heterocycles. The van der Waals surface area contributed by atoms with Gasteiger partial charge in [0.1, 0.15) is 5.41 Å². The minimum Gasteiger partial charge on any atom is -0.465 e. The van der Waals surface area contributed by atoms with Crippen molar-refractivity contribution in [1.29, 1.82) is 0 Å². The SMILES string of the molecule is COCC1(C(=O)OCCC(C)C)c2ccccc2-c2ccccc21. The molecular weight excluding hydrogens is 300 g/mol. The van der Waals surface area contributed by atoms with Crippen LogP contribution < -0.4 is 0 Å². The number of hydrogen-bond acceptors (Lipinski definition) is 3. The zero-order valence-electron chi connectivity index (χ0n) is 14.5. The average molecular weight is 324 g/mol. The Balaban J connectivity index is 2.07. The van der Waals surface area contributed by atoms with Gasteiger partial charge in [0.25, 0.3) is 0 Å². The van der Waals surface area contributed by atoms with Gasteiger partial charge in [-0.1, -0.05) is 62.4 Å². The first-order chi connectivity index (χ1) is 11.6. The second kappa shape index (κ2) is 6.78. The molecule has 0 bridgehead atoms. The van der Waals surface area contributed by atoms with Crippen molar-refractivity contribution < 1.29 is 14.3 Å². The van der Waals surface area contributed by atoms with Gasteiger partial charge in [-0.3, -0.25) is 4.79 Å². The quantitative estimate of drug-likeness (QED) is 0.748. The summed E-state index contributed by atoms with van der Waals surface area (Å²) in [6, 6.07) is 16.1. The van der Waals surface area contributed by atoms with Gasteiger partial charge in [-0.15, -0.1) is 0 Å². The maximum Gasteiger partial charge on any atom is 0.323 e. The molecule has 126 valence electrons. The molecule has 24 heavy (non-hydrogen) atoms. The van der Waals surface area contributed by atoms with Crippen molar-refractivity contribution in [3.8, 4) is 11.1 Å². The molecule has 0 unspecified atom stereocenters. The molecule has 0 atom stereocenters. The first-order valence-corrected chi connectivity index (χ1v) is 8.47. The molecule has 0 aromatic heterocycles. The third kappa shape index (κ3) is 2.63. The van der Waals surface area contributed by atoms with Gasteiger partial charge in [0.05, 0.1) is 13.2 Å². The Morgan fingerprint density at radius 2 is 1.54 bits per heavy atom. The normalized spacial score (nSPS) is 14.3. The average Bonchev–Trinajstić information content (AvgIpc) is 2.87. The number of carbonyl (C=O) groups excluding carboxylic acids is 1. The number of carbonyl (C=O) groups is 1. The molecule has 0 N–H and O–H groups in total. The fourth-order valence-corrected chi connectivity index (χ4v) is 3.49. The van der Waals surface area contributed by atoms with Crippen LogP contribution in [0.4, 0.5) is 0 Å². The third-order valence-corrected chi connectivity index (χ3v) is 4.70. The lowest BCUT2D eigenvalue weighted by Gasteiger charge is -2.29. The van der Waals surface area contributed by atoms with E-state index < -0.39 is 5.41 Å². The van der Waals surface area contributed by atoms with Gasteiger partial charge in [-0.05, 0) is 34.6 Å². The lowest BCUT2D eigenvalue weighted by atomic mass is 9.79. The van der Waals surface area contributed by atoms with E-state index in [2.05, 4.69) is 26.0 Å². The monoisotopic (exact) mass is 324 g/mol. The summed E-state index contributed by atoms with van der Waals surface area (Å²) in [6.45, 7) is 4.96. The number of methoxy groups -OCH3 is 1. The van der Waals surface area contributed by atoms with Crippen molar-refractivity contribution in [2.75, 3.05) is 20.3 Å². The van der Waals surface area contributed by atoms with Crippen LogP contribution in [0.2, 0.25) is 0 Å². The van der Waals surface area contributed by atoms with Gasteiger partial charge in [0.2, 0.25) is 0 Å². The van der Waals surface area contributed by atoms with Crippen molar-refractivity contribution in [3.63, 3.8) is 0 Å². The van der Waals surface area contributed by atoms with Crippen LogP contribution in [0.3, 0.4) is 0 Å². The van der Waals surface area contributed by atoms with Crippen LogP contribution in [0, 0.1) is 5.92 Å². The maximum atomic E-state index is 13.2. The highest BCUT2D eigenvalue weighted by molar-refractivity contribution is 5.98. The number of benzene rings is 2. The first kappa shape index (κ1) is 16.7. The first-order valence-electron chi connectivity index (χ1n) is 8.47. The Kier molecular flexibility index (Phi) is 4.72. The van der Waals surface area contributed by atoms with E-state index >= 15 is 0 Å². The summed E-state index contributed by atoms with van der Waals surface area (Å²) in [5, 5.41) is 0. The Morgan fingerprint density at radius 3 is 2.04 bits per heavy atom. The van der Waals surface area contributed by atoms with Gasteiger partial charge in [0, 0.05) is 7.11 Å². The van der Waals surface area contributed by atoms with E-state index in [1.807, 2.05) is 36.4 Å². The molecule has 3 heteroatoms. The van der Waals surface area contributed by atoms with Crippen LogP contribution in [-0.2, 0) is 19.7 Å².